The van der Waals surface area contributed by atoms with E-state index in [1.165, 1.54) is 25.7 Å². The summed E-state index contributed by atoms with van der Waals surface area (Å²) in [5.41, 5.74) is 0. The SMILES string of the molecule is CCCC1CC1NC(=NCC)N1CCC(COCC)C1.I. The maximum Gasteiger partial charge on any atom is 0.194 e. The molecule has 0 aromatic rings. The van der Waals surface area contributed by atoms with Gasteiger partial charge in [-0.3, -0.25) is 4.99 Å². The van der Waals surface area contributed by atoms with Gasteiger partial charge in [0.1, 0.15) is 0 Å². The molecule has 5 heteroatoms. The van der Waals surface area contributed by atoms with Gasteiger partial charge in [0.05, 0.1) is 6.61 Å². The Morgan fingerprint density at radius 1 is 1.33 bits per heavy atom. The van der Waals surface area contributed by atoms with E-state index in [0.717, 1.165) is 44.7 Å². The van der Waals surface area contributed by atoms with Crippen LogP contribution in [0.1, 0.15) is 46.5 Å². The Morgan fingerprint density at radius 2 is 2.14 bits per heavy atom. The highest BCUT2D eigenvalue weighted by Gasteiger charge is 2.38. The lowest BCUT2D eigenvalue weighted by atomic mass is 10.1. The number of nitrogens with zero attached hydrogens (tertiary/aromatic N) is 2. The molecular formula is C16H32IN3O. The summed E-state index contributed by atoms with van der Waals surface area (Å²) < 4.78 is 5.56. The molecule has 21 heavy (non-hydrogen) atoms. The van der Waals surface area contributed by atoms with Crippen LogP contribution in [0.3, 0.4) is 0 Å². The van der Waals surface area contributed by atoms with Crippen LogP contribution >= 0.6 is 24.0 Å². The van der Waals surface area contributed by atoms with E-state index >= 15 is 0 Å². The van der Waals surface area contributed by atoms with E-state index in [1.807, 2.05) is 0 Å². The first kappa shape index (κ1) is 19.0. The van der Waals surface area contributed by atoms with Crippen molar-refractivity contribution < 1.29 is 4.74 Å². The summed E-state index contributed by atoms with van der Waals surface area (Å²) >= 11 is 0. The standard InChI is InChI=1S/C16H31N3O.HI/c1-4-7-14-10-15(14)18-16(17-5-2)19-9-8-13(11-19)12-20-6-3;/h13-15H,4-12H2,1-3H3,(H,17,18);1H. The lowest BCUT2D eigenvalue weighted by Crippen LogP contribution is -2.42. The number of halogens is 1. The summed E-state index contributed by atoms with van der Waals surface area (Å²) in [7, 11) is 0. The molecule has 1 saturated heterocycles. The minimum atomic E-state index is 0. The second-order valence-corrected chi connectivity index (χ2v) is 6.09. The van der Waals surface area contributed by atoms with Crippen molar-refractivity contribution in [3.8, 4) is 0 Å². The summed E-state index contributed by atoms with van der Waals surface area (Å²) in [6, 6.07) is 0.672. The van der Waals surface area contributed by atoms with Crippen molar-refractivity contribution in [3.63, 3.8) is 0 Å². The van der Waals surface area contributed by atoms with Gasteiger partial charge in [0, 0.05) is 38.2 Å². The fourth-order valence-electron chi connectivity index (χ4n) is 3.11. The molecule has 1 saturated carbocycles. The summed E-state index contributed by atoms with van der Waals surface area (Å²) in [4.78, 5) is 7.11. The van der Waals surface area contributed by atoms with Gasteiger partial charge in [0.25, 0.3) is 0 Å². The van der Waals surface area contributed by atoms with Gasteiger partial charge in [0.2, 0.25) is 0 Å². The van der Waals surface area contributed by atoms with E-state index < -0.39 is 0 Å². The number of likely N-dealkylation sites (tertiary alicyclic amines) is 1. The smallest absolute Gasteiger partial charge is 0.194 e. The van der Waals surface area contributed by atoms with E-state index in [9.17, 15) is 0 Å². The molecule has 0 aromatic carbocycles. The van der Waals surface area contributed by atoms with Gasteiger partial charge in [-0.05, 0) is 39.0 Å². The number of hydrogen-bond acceptors (Lipinski definition) is 2. The lowest BCUT2D eigenvalue weighted by molar-refractivity contribution is 0.114. The van der Waals surface area contributed by atoms with Crippen LogP contribution < -0.4 is 5.32 Å². The predicted molar refractivity (Wildman–Crippen MR) is 99.5 cm³/mol. The fourth-order valence-corrected chi connectivity index (χ4v) is 3.11. The van der Waals surface area contributed by atoms with Gasteiger partial charge in [-0.15, -0.1) is 24.0 Å². The number of nitrogens with one attached hydrogen (secondary N) is 1. The van der Waals surface area contributed by atoms with Crippen LogP contribution in [0, 0.1) is 11.8 Å². The van der Waals surface area contributed by atoms with Gasteiger partial charge >= 0.3 is 0 Å². The molecule has 1 heterocycles. The maximum atomic E-state index is 5.56. The van der Waals surface area contributed by atoms with Crippen molar-refractivity contribution in [2.24, 2.45) is 16.8 Å². The van der Waals surface area contributed by atoms with Crippen molar-refractivity contribution >= 4 is 29.9 Å². The molecule has 2 aliphatic rings. The van der Waals surface area contributed by atoms with Gasteiger partial charge in [-0.2, -0.15) is 0 Å². The molecule has 4 nitrogen and oxygen atoms in total. The predicted octanol–water partition coefficient (Wildman–Crippen LogP) is 3.12. The van der Waals surface area contributed by atoms with Crippen LogP contribution in [-0.4, -0.2) is 49.7 Å². The average Bonchev–Trinajstić information content (AvgIpc) is 3.01. The highest BCUT2D eigenvalue weighted by molar-refractivity contribution is 14.0. The molecule has 0 aromatic heterocycles. The third-order valence-corrected chi connectivity index (χ3v) is 4.35. The van der Waals surface area contributed by atoms with Gasteiger partial charge in [-0.1, -0.05) is 13.3 Å². The molecular weight excluding hydrogens is 377 g/mol. The van der Waals surface area contributed by atoms with Crippen molar-refractivity contribution in [2.45, 2.75) is 52.5 Å². The third kappa shape index (κ3) is 5.93. The topological polar surface area (TPSA) is 36.9 Å². The van der Waals surface area contributed by atoms with E-state index in [1.54, 1.807) is 0 Å². The largest absolute Gasteiger partial charge is 0.381 e. The maximum absolute atomic E-state index is 5.56. The second kappa shape index (κ2) is 9.87. The quantitative estimate of drug-likeness (QED) is 0.399. The first-order chi connectivity index (χ1) is 9.78. The number of hydrogen-bond donors (Lipinski definition) is 1. The van der Waals surface area contributed by atoms with Crippen LogP contribution in [0.5, 0.6) is 0 Å². The highest BCUT2D eigenvalue weighted by Crippen LogP contribution is 2.34. The second-order valence-electron chi connectivity index (χ2n) is 6.09. The lowest BCUT2D eigenvalue weighted by Gasteiger charge is -2.22. The number of rotatable bonds is 7. The van der Waals surface area contributed by atoms with Crippen LogP contribution in [0.2, 0.25) is 0 Å². The molecule has 1 aliphatic heterocycles. The molecule has 2 fully saturated rings. The number of guanidine groups is 1. The first-order valence-electron chi connectivity index (χ1n) is 8.42. The highest BCUT2D eigenvalue weighted by atomic mass is 127. The molecule has 0 amide bonds. The minimum Gasteiger partial charge on any atom is -0.381 e. The van der Waals surface area contributed by atoms with E-state index in [-0.39, 0.29) is 24.0 Å². The molecule has 124 valence electrons. The Balaban J connectivity index is 0.00000220. The zero-order valence-corrected chi connectivity index (χ0v) is 16.1. The zero-order chi connectivity index (χ0) is 14.4. The molecule has 1 aliphatic carbocycles. The molecule has 0 bridgehead atoms. The molecule has 0 radical (unpaired) electrons. The Bertz CT molecular complexity index is 325. The van der Waals surface area contributed by atoms with E-state index in [4.69, 9.17) is 4.74 Å². The average molecular weight is 409 g/mol. The summed E-state index contributed by atoms with van der Waals surface area (Å²) in [6.07, 6.45) is 5.20. The molecule has 0 spiro atoms. The summed E-state index contributed by atoms with van der Waals surface area (Å²) in [5, 5.41) is 3.68. The van der Waals surface area contributed by atoms with Crippen LogP contribution in [0.4, 0.5) is 0 Å². The number of ether oxygens (including phenoxy) is 1. The Kier molecular flexibility index (Phi) is 8.94. The van der Waals surface area contributed by atoms with Gasteiger partial charge in [0.15, 0.2) is 5.96 Å². The van der Waals surface area contributed by atoms with Crippen LogP contribution in [0.15, 0.2) is 4.99 Å². The monoisotopic (exact) mass is 409 g/mol. The van der Waals surface area contributed by atoms with Crippen LogP contribution in [-0.2, 0) is 4.74 Å². The number of aliphatic imine (C=N–C) groups is 1. The zero-order valence-electron chi connectivity index (χ0n) is 13.8. The first-order valence-corrected chi connectivity index (χ1v) is 8.42. The van der Waals surface area contributed by atoms with Gasteiger partial charge < -0.3 is 15.0 Å². The Hall–Kier alpha value is -0.0400. The van der Waals surface area contributed by atoms with Gasteiger partial charge in [-0.25, -0.2) is 0 Å². The molecule has 2 rings (SSSR count). The third-order valence-electron chi connectivity index (χ3n) is 4.35. The minimum absolute atomic E-state index is 0. The van der Waals surface area contributed by atoms with Crippen molar-refractivity contribution in [1.82, 2.24) is 10.2 Å². The van der Waals surface area contributed by atoms with Crippen molar-refractivity contribution in [2.75, 3.05) is 32.8 Å². The van der Waals surface area contributed by atoms with Crippen molar-refractivity contribution in [3.05, 3.63) is 0 Å². The molecule has 1 N–H and O–H groups in total. The molecule has 3 unspecified atom stereocenters. The Labute approximate surface area is 147 Å². The Morgan fingerprint density at radius 3 is 2.81 bits per heavy atom. The van der Waals surface area contributed by atoms with E-state index in [2.05, 4.69) is 36.0 Å². The van der Waals surface area contributed by atoms with E-state index in [0.29, 0.717) is 12.0 Å². The molecule has 3 atom stereocenters. The normalized spacial score (nSPS) is 28.4. The van der Waals surface area contributed by atoms with Crippen molar-refractivity contribution in [1.29, 1.82) is 0 Å². The van der Waals surface area contributed by atoms with Crippen LogP contribution in [0.25, 0.3) is 0 Å². The summed E-state index contributed by atoms with van der Waals surface area (Å²) in [6.45, 7) is 11.3. The summed E-state index contributed by atoms with van der Waals surface area (Å²) in [5.74, 6) is 2.68. The fraction of sp³-hybridized carbons (Fsp3) is 0.938.